The average molecular weight is 1250 g/mol. The zero-order chi connectivity index (χ0) is 59.3. The Balaban J connectivity index is 0.00000968. The molecular weight excluding hydrogens is 1180 g/mol. The van der Waals surface area contributed by atoms with Crippen LogP contribution in [0.2, 0.25) is 0 Å². The maximum Gasteiger partial charge on any atom is 1.00 e. The first-order valence-electron chi connectivity index (χ1n) is 25.3. The summed E-state index contributed by atoms with van der Waals surface area (Å²) in [4.78, 5) is 21.2. The van der Waals surface area contributed by atoms with Gasteiger partial charge in [-0.05, 0) is 0 Å². The third-order valence-electron chi connectivity index (χ3n) is 15.0. The van der Waals surface area contributed by atoms with Crippen LogP contribution >= 0.6 is 7.82 Å². The van der Waals surface area contributed by atoms with Crippen molar-refractivity contribution in [2.75, 3.05) is 46.2 Å². The number of phosphoric acid groups is 1. The van der Waals surface area contributed by atoms with Crippen LogP contribution in [-0.4, -0.2) is 368 Å². The van der Waals surface area contributed by atoms with Crippen LogP contribution < -0.4 is 56.3 Å². The number of aliphatic hydroxyl groups excluding tert-OH is 20. The van der Waals surface area contributed by atoms with Gasteiger partial charge in [0.15, 0.2) is 44.0 Å². The monoisotopic (exact) mass is 1250 g/mol. The van der Waals surface area contributed by atoms with Crippen LogP contribution in [0.3, 0.4) is 0 Å². The number of aliphatic hydroxyl groups is 20. The molecule has 36 atom stereocenters. The predicted molar refractivity (Wildman–Crippen MR) is 237 cm³/mol. The SMILES string of the molecule is O=P([O-])(O)OC[C@@H]1O[C@@H]2O[C@H]3[C@H](O)[C@H](O)[C@@H](O[C@H]4[C@@H](O)[C@H](O)[C@@H](O[C@H]5[C@H](O)[C@@H](O)[C@@H](O[C@H]6[C@H](O)[C@@H](O)[C@@H](O[C@H]7[C@H](O)[C@@H](O)[C@@H](O[C@H]8[C@H](O)[C@@H](O)[C@@H](O[C@H]1[C@H](O)[C@H]2O)O[C@H]8CO)O[C@H]7CO)O[C@H]6CO)O[C@@H]5CO)O[C@@H]4CO)O[C@@H]3CO.[K+]. The van der Waals surface area contributed by atoms with E-state index in [1.54, 1.807) is 0 Å². The summed E-state index contributed by atoms with van der Waals surface area (Å²) in [5.74, 6) is 0. The van der Waals surface area contributed by atoms with Gasteiger partial charge in [-0.2, -0.15) is 0 Å². The molecule has 0 aliphatic carbocycles. The topological polar surface area (TPSA) is 603 Å². The number of rotatable bonds is 9. The average Bonchev–Trinajstić information content (AvgIpc) is 3.57. The number of ether oxygens (including phenoxy) is 14. The first-order valence-corrected chi connectivity index (χ1v) is 26.8. The minimum Gasteiger partial charge on any atom is -0.756 e. The van der Waals surface area contributed by atoms with Crippen LogP contribution in [0.5, 0.6) is 0 Å². The van der Waals surface area contributed by atoms with Gasteiger partial charge in [0, 0.05) is 0 Å². The molecule has 0 aromatic heterocycles. The van der Waals surface area contributed by atoms with Crippen molar-refractivity contribution in [3.8, 4) is 0 Å². The third kappa shape index (κ3) is 14.6. The number of hydrogen-bond donors (Lipinski definition) is 21. The van der Waals surface area contributed by atoms with Gasteiger partial charge in [-0.3, -0.25) is 4.57 Å². The summed E-state index contributed by atoms with van der Waals surface area (Å²) in [7, 11) is -5.68. The van der Waals surface area contributed by atoms with Crippen LogP contribution in [0.25, 0.3) is 0 Å². The molecule has 38 nitrogen and oxygen atoms in total. The Morgan fingerprint density at radius 3 is 0.573 bits per heavy atom. The maximum atomic E-state index is 11.8. The molecule has 472 valence electrons. The second-order valence-corrected chi connectivity index (χ2v) is 21.4. The zero-order valence-corrected chi connectivity index (χ0v) is 47.0. The minimum absolute atomic E-state index is 0. The fourth-order valence-electron chi connectivity index (χ4n) is 10.6. The Hall–Kier alpha value is 0.386. The molecule has 0 radical (unpaired) electrons. The van der Waals surface area contributed by atoms with E-state index in [1.807, 2.05) is 0 Å². The first kappa shape index (κ1) is 69.9. The van der Waals surface area contributed by atoms with Crippen molar-refractivity contribution in [3.05, 3.63) is 0 Å². The number of phosphoric ester groups is 1. The van der Waals surface area contributed by atoms with Gasteiger partial charge >= 0.3 is 51.4 Å². The Labute approximate surface area is 504 Å². The zero-order valence-electron chi connectivity index (χ0n) is 42.9. The van der Waals surface area contributed by atoms with Gasteiger partial charge in [0.25, 0.3) is 7.82 Å². The Morgan fingerprint density at radius 2 is 0.427 bits per heavy atom. The van der Waals surface area contributed by atoms with Crippen molar-refractivity contribution < 1.29 is 239 Å². The third-order valence-corrected chi connectivity index (χ3v) is 15.5. The molecule has 21 aliphatic heterocycles. The summed E-state index contributed by atoms with van der Waals surface area (Å²) in [6.07, 6.45) is -73.5. The molecule has 0 aromatic rings. The number of hydrogen-bond acceptors (Lipinski definition) is 37. The van der Waals surface area contributed by atoms with Crippen LogP contribution in [0.1, 0.15) is 0 Å². The van der Waals surface area contributed by atoms with Crippen molar-refractivity contribution in [3.63, 3.8) is 0 Å². The summed E-state index contributed by atoms with van der Waals surface area (Å²) >= 11 is 0. The fourth-order valence-corrected chi connectivity index (χ4v) is 10.9. The van der Waals surface area contributed by atoms with E-state index in [0.29, 0.717) is 0 Å². The molecule has 0 aromatic carbocycles. The van der Waals surface area contributed by atoms with Crippen LogP contribution in [0, 0.1) is 0 Å². The Kier molecular flexibility index (Phi) is 25.2. The summed E-state index contributed by atoms with van der Waals surface area (Å²) in [5.41, 5.74) is 0. The van der Waals surface area contributed by atoms with Crippen LogP contribution in [0.15, 0.2) is 0 Å². The molecule has 82 heavy (non-hydrogen) atoms. The van der Waals surface area contributed by atoms with Crippen molar-refractivity contribution in [1.82, 2.24) is 0 Å². The molecule has 21 fully saturated rings. The molecule has 0 amide bonds. The largest absolute Gasteiger partial charge is 1.00 e. The normalized spacial score (nSPS) is 53.4. The predicted octanol–water partition coefficient (Wildman–Crippen LogP) is -18.7. The second kappa shape index (κ2) is 29.6. The van der Waals surface area contributed by atoms with Gasteiger partial charge in [0.2, 0.25) is 0 Å². The van der Waals surface area contributed by atoms with E-state index in [2.05, 4.69) is 4.52 Å². The Bertz CT molecular complexity index is 2010. The van der Waals surface area contributed by atoms with Gasteiger partial charge < -0.3 is 183 Å². The van der Waals surface area contributed by atoms with Crippen molar-refractivity contribution in [2.24, 2.45) is 0 Å². The van der Waals surface area contributed by atoms with Crippen LogP contribution in [0.4, 0.5) is 0 Å². The first-order chi connectivity index (χ1) is 38.3. The quantitative estimate of drug-likeness (QED) is 0.0753. The van der Waals surface area contributed by atoms with E-state index in [0.717, 1.165) is 0 Å². The smallest absolute Gasteiger partial charge is 0.756 e. The molecule has 14 bridgehead atoms. The van der Waals surface area contributed by atoms with Crippen molar-refractivity contribution in [2.45, 2.75) is 215 Å². The summed E-state index contributed by atoms with van der Waals surface area (Å²) in [6, 6.07) is 0. The van der Waals surface area contributed by atoms with E-state index >= 15 is 0 Å². The molecule has 21 saturated heterocycles. The molecule has 21 N–H and O–H groups in total. The van der Waals surface area contributed by atoms with Crippen molar-refractivity contribution >= 4 is 7.82 Å². The van der Waals surface area contributed by atoms with E-state index in [-0.39, 0.29) is 51.4 Å². The molecule has 21 heterocycles. The van der Waals surface area contributed by atoms with E-state index < -0.39 is 269 Å². The maximum absolute atomic E-state index is 11.8. The van der Waals surface area contributed by atoms with E-state index in [4.69, 9.17) is 66.3 Å². The summed E-state index contributed by atoms with van der Waals surface area (Å²) in [5, 5.41) is 221. The molecule has 21 aliphatic rings. The summed E-state index contributed by atoms with van der Waals surface area (Å²) < 4.78 is 95.5. The van der Waals surface area contributed by atoms with Gasteiger partial charge in [0.1, 0.15) is 171 Å². The molecule has 40 heteroatoms. The molecular formula is C42H70KO38P. The van der Waals surface area contributed by atoms with Crippen LogP contribution in [-0.2, 0) is 75.4 Å². The van der Waals surface area contributed by atoms with Crippen molar-refractivity contribution in [1.29, 1.82) is 0 Å². The molecule has 1 unspecified atom stereocenters. The molecule has 21 rings (SSSR count). The van der Waals surface area contributed by atoms with Gasteiger partial charge in [-0.15, -0.1) is 0 Å². The fraction of sp³-hybridized carbons (Fsp3) is 1.00. The second-order valence-electron chi connectivity index (χ2n) is 20.2. The van der Waals surface area contributed by atoms with E-state index in [1.165, 1.54) is 0 Å². The van der Waals surface area contributed by atoms with Gasteiger partial charge in [-0.25, -0.2) is 0 Å². The molecule has 0 saturated carbocycles. The van der Waals surface area contributed by atoms with Gasteiger partial charge in [-0.1, -0.05) is 0 Å². The summed E-state index contributed by atoms with van der Waals surface area (Å²) in [6.45, 7) is -7.92. The Morgan fingerprint density at radius 1 is 0.280 bits per heavy atom. The van der Waals surface area contributed by atoms with Gasteiger partial charge in [0.05, 0.1) is 46.2 Å². The standard InChI is InChI=1S/C42H71O38P.K/c43-1-8-29-16(50)23(57)37(68-8)76-31-10(3-45)70-39(25(59)18(31)52)78-33-12(5-47)72-41(27(61)20(33)54)80-35-14(7-66-81(63,64)65)73-42(28(62)21(35)55)79-34-13(6-48)71-40(26(60)19(34)53)77-32-11(4-46)69-38(24(58)17(32)51)75-30-9(2-44)67-36(74-29)22(56)15(30)49;/h8-62H,1-7H2,(H2,63,64,65);/q;+1/p-1/t8-,9+,10-,11+,12-,13+,14-,15+,16+,17-,18+,19+,20+,21+,22+,23+,24-,25+,26-,27+,28+,29+,30+,31+,32+,33+,34+,35+,36+,37+,38+,39+,40+,41+,42+;/m0./s1. The molecule has 0 spiro atoms. The minimum atomic E-state index is -5.68. The van der Waals surface area contributed by atoms with E-state index in [9.17, 15) is 116 Å².